The van der Waals surface area contributed by atoms with Crippen molar-refractivity contribution < 1.29 is 14.3 Å². The molecule has 0 unspecified atom stereocenters. The van der Waals surface area contributed by atoms with Gasteiger partial charge in [-0.3, -0.25) is 4.79 Å². The molecule has 0 saturated heterocycles. The van der Waals surface area contributed by atoms with E-state index >= 15 is 0 Å². The average Bonchev–Trinajstić information content (AvgIpc) is 2.50. The molecule has 0 aromatic carbocycles. The topological polar surface area (TPSA) is 68.3 Å². The number of amides is 1. The number of carbonyl (C=O) groups is 2. The fourth-order valence-corrected chi connectivity index (χ4v) is 2.72. The van der Waals surface area contributed by atoms with Crippen LogP contribution in [0.5, 0.6) is 0 Å². The number of pyridine rings is 1. The van der Waals surface area contributed by atoms with Crippen molar-refractivity contribution in [2.24, 2.45) is 11.8 Å². The Hall–Kier alpha value is -1.91. The Labute approximate surface area is 125 Å². The lowest BCUT2D eigenvalue weighted by molar-refractivity contribution is -0.125. The molecule has 1 heterocycles. The van der Waals surface area contributed by atoms with Gasteiger partial charge in [0.15, 0.2) is 6.61 Å². The molecule has 1 aromatic rings. The monoisotopic (exact) mass is 290 g/mol. The normalized spacial score (nSPS) is 25.1. The molecular weight excluding hydrogens is 268 g/mol. The van der Waals surface area contributed by atoms with Gasteiger partial charge in [0, 0.05) is 12.2 Å². The van der Waals surface area contributed by atoms with Crippen molar-refractivity contribution in [3.05, 3.63) is 30.1 Å². The molecule has 0 radical (unpaired) electrons. The lowest BCUT2D eigenvalue weighted by Crippen LogP contribution is -2.45. The van der Waals surface area contributed by atoms with Gasteiger partial charge in [0.2, 0.25) is 0 Å². The van der Waals surface area contributed by atoms with E-state index in [1.165, 1.54) is 12.6 Å². The second kappa shape index (κ2) is 7.20. The summed E-state index contributed by atoms with van der Waals surface area (Å²) < 4.78 is 4.98. The molecular formula is C16H22N2O3. The summed E-state index contributed by atoms with van der Waals surface area (Å²) in [5.41, 5.74) is 0.213. The van der Waals surface area contributed by atoms with E-state index in [0.29, 0.717) is 11.8 Å². The highest BCUT2D eigenvalue weighted by atomic mass is 16.5. The molecule has 2 rings (SSSR count). The number of nitrogens with one attached hydrogen (secondary N) is 1. The molecule has 1 aliphatic carbocycles. The molecule has 1 N–H and O–H groups in total. The van der Waals surface area contributed by atoms with Crippen molar-refractivity contribution in [1.82, 2.24) is 10.3 Å². The lowest BCUT2D eigenvalue weighted by Gasteiger charge is -2.34. The summed E-state index contributed by atoms with van der Waals surface area (Å²) in [6.07, 6.45) is 4.85. The predicted octanol–water partition coefficient (Wildman–Crippen LogP) is 2.18. The van der Waals surface area contributed by atoms with Crippen LogP contribution < -0.4 is 5.32 Å². The first-order valence-corrected chi connectivity index (χ1v) is 7.45. The standard InChI is InChI=1S/C16H22N2O3/c1-11-6-5-8-13(12(11)2)18-15(19)10-21-16(20)14-7-3-4-9-17-14/h3-4,7,9,11-13H,5-6,8,10H2,1-2H3,(H,18,19)/t11-,12+,13-/m0/s1. The molecule has 5 heteroatoms. The van der Waals surface area contributed by atoms with Crippen LogP contribution in [-0.2, 0) is 9.53 Å². The predicted molar refractivity (Wildman–Crippen MR) is 78.6 cm³/mol. The van der Waals surface area contributed by atoms with E-state index in [2.05, 4.69) is 24.1 Å². The first kappa shape index (κ1) is 15.5. The summed E-state index contributed by atoms with van der Waals surface area (Å²) in [5, 5.41) is 2.97. The van der Waals surface area contributed by atoms with Gasteiger partial charge in [0.05, 0.1) is 0 Å². The summed E-state index contributed by atoms with van der Waals surface area (Å²) in [6.45, 7) is 4.12. The Morgan fingerprint density at radius 1 is 1.33 bits per heavy atom. The second-order valence-electron chi connectivity index (χ2n) is 5.73. The average molecular weight is 290 g/mol. The maximum Gasteiger partial charge on any atom is 0.357 e. The third kappa shape index (κ3) is 4.28. The van der Waals surface area contributed by atoms with E-state index in [9.17, 15) is 9.59 Å². The number of rotatable bonds is 4. The summed E-state index contributed by atoms with van der Waals surface area (Å²) in [6, 6.07) is 5.16. The molecule has 5 nitrogen and oxygen atoms in total. The Bertz CT molecular complexity index is 490. The SMILES string of the molecule is C[C@H]1[C@@H](NC(=O)COC(=O)c2ccccn2)CCC[C@@H]1C. The Kier molecular flexibility index (Phi) is 5.31. The van der Waals surface area contributed by atoms with Crippen LogP contribution in [0, 0.1) is 11.8 Å². The number of carbonyl (C=O) groups excluding carboxylic acids is 2. The minimum atomic E-state index is -0.573. The highest BCUT2D eigenvalue weighted by Gasteiger charge is 2.28. The van der Waals surface area contributed by atoms with E-state index in [0.717, 1.165) is 12.8 Å². The van der Waals surface area contributed by atoms with Crippen LogP contribution in [0.2, 0.25) is 0 Å². The molecule has 21 heavy (non-hydrogen) atoms. The zero-order valence-electron chi connectivity index (χ0n) is 12.5. The number of hydrogen-bond acceptors (Lipinski definition) is 4. The van der Waals surface area contributed by atoms with Crippen molar-refractivity contribution in [1.29, 1.82) is 0 Å². The van der Waals surface area contributed by atoms with Crippen LogP contribution in [-0.4, -0.2) is 29.5 Å². The lowest BCUT2D eigenvalue weighted by atomic mass is 9.78. The second-order valence-corrected chi connectivity index (χ2v) is 5.73. The van der Waals surface area contributed by atoms with Crippen LogP contribution >= 0.6 is 0 Å². The molecule has 1 aliphatic rings. The number of esters is 1. The zero-order chi connectivity index (χ0) is 15.2. The molecule has 1 amide bonds. The highest BCUT2D eigenvalue weighted by Crippen LogP contribution is 2.29. The van der Waals surface area contributed by atoms with Crippen molar-refractivity contribution in [3.8, 4) is 0 Å². The van der Waals surface area contributed by atoms with Crippen molar-refractivity contribution in [3.63, 3.8) is 0 Å². The van der Waals surface area contributed by atoms with Crippen LogP contribution in [0.1, 0.15) is 43.6 Å². The van der Waals surface area contributed by atoms with E-state index in [4.69, 9.17) is 4.74 Å². The van der Waals surface area contributed by atoms with Gasteiger partial charge in [-0.15, -0.1) is 0 Å². The van der Waals surface area contributed by atoms with E-state index in [-0.39, 0.29) is 24.2 Å². The first-order chi connectivity index (χ1) is 10.1. The van der Waals surface area contributed by atoms with Gasteiger partial charge >= 0.3 is 5.97 Å². The Morgan fingerprint density at radius 2 is 2.14 bits per heavy atom. The third-order valence-corrected chi connectivity index (χ3v) is 4.26. The van der Waals surface area contributed by atoms with Crippen molar-refractivity contribution >= 4 is 11.9 Å². The van der Waals surface area contributed by atoms with E-state index < -0.39 is 5.97 Å². The minimum absolute atomic E-state index is 0.176. The maximum absolute atomic E-state index is 11.9. The number of hydrogen-bond donors (Lipinski definition) is 1. The molecule has 114 valence electrons. The molecule has 0 bridgehead atoms. The molecule has 0 aliphatic heterocycles. The van der Waals surface area contributed by atoms with Crippen molar-refractivity contribution in [2.75, 3.05) is 6.61 Å². The van der Waals surface area contributed by atoms with E-state index in [1.807, 2.05) is 0 Å². The van der Waals surface area contributed by atoms with Gasteiger partial charge in [-0.1, -0.05) is 32.8 Å². The van der Waals surface area contributed by atoms with Gasteiger partial charge in [-0.2, -0.15) is 0 Å². The minimum Gasteiger partial charge on any atom is -0.451 e. The summed E-state index contributed by atoms with van der Waals surface area (Å²) in [4.78, 5) is 27.5. The maximum atomic E-state index is 11.9. The smallest absolute Gasteiger partial charge is 0.357 e. The largest absolute Gasteiger partial charge is 0.451 e. The van der Waals surface area contributed by atoms with Crippen LogP contribution in [0.3, 0.4) is 0 Å². The Balaban J connectivity index is 1.78. The van der Waals surface area contributed by atoms with Gasteiger partial charge < -0.3 is 10.1 Å². The van der Waals surface area contributed by atoms with Crippen molar-refractivity contribution in [2.45, 2.75) is 39.2 Å². The van der Waals surface area contributed by atoms with Crippen LogP contribution in [0.25, 0.3) is 0 Å². The molecule has 3 atom stereocenters. The van der Waals surface area contributed by atoms with Gasteiger partial charge in [0.1, 0.15) is 5.69 Å². The summed E-state index contributed by atoms with van der Waals surface area (Å²) >= 11 is 0. The summed E-state index contributed by atoms with van der Waals surface area (Å²) in [7, 11) is 0. The van der Waals surface area contributed by atoms with Gasteiger partial charge in [-0.05, 0) is 30.4 Å². The highest BCUT2D eigenvalue weighted by molar-refractivity contribution is 5.89. The van der Waals surface area contributed by atoms with Gasteiger partial charge in [-0.25, -0.2) is 9.78 Å². The zero-order valence-corrected chi connectivity index (χ0v) is 12.5. The fourth-order valence-electron chi connectivity index (χ4n) is 2.72. The third-order valence-electron chi connectivity index (χ3n) is 4.26. The fraction of sp³-hybridized carbons (Fsp3) is 0.562. The molecule has 1 aromatic heterocycles. The molecule has 1 saturated carbocycles. The first-order valence-electron chi connectivity index (χ1n) is 7.45. The Morgan fingerprint density at radius 3 is 2.86 bits per heavy atom. The number of nitrogens with zero attached hydrogens (tertiary/aromatic N) is 1. The number of ether oxygens (including phenoxy) is 1. The molecule has 0 spiro atoms. The van der Waals surface area contributed by atoms with Crippen LogP contribution in [0.15, 0.2) is 24.4 Å². The van der Waals surface area contributed by atoms with Crippen LogP contribution in [0.4, 0.5) is 0 Å². The van der Waals surface area contributed by atoms with Gasteiger partial charge in [0.25, 0.3) is 5.91 Å². The molecule has 1 fully saturated rings. The quantitative estimate of drug-likeness (QED) is 0.863. The number of aromatic nitrogens is 1. The summed E-state index contributed by atoms with van der Waals surface area (Å²) in [5.74, 6) is 0.246. The van der Waals surface area contributed by atoms with E-state index in [1.54, 1.807) is 18.2 Å².